The number of rotatable bonds is 9. The minimum Gasteiger partial charge on any atom is -0.382 e. The van der Waals surface area contributed by atoms with Crippen molar-refractivity contribution in [2.24, 2.45) is 0 Å². The van der Waals surface area contributed by atoms with E-state index in [9.17, 15) is 0 Å². The molecule has 0 aliphatic carbocycles. The molecule has 1 rings (SSSR count). The number of hydrogen-bond acceptors (Lipinski definition) is 4. The van der Waals surface area contributed by atoms with E-state index in [0.717, 1.165) is 32.8 Å². The van der Waals surface area contributed by atoms with Crippen molar-refractivity contribution in [2.45, 2.75) is 31.7 Å². The highest BCUT2D eigenvalue weighted by Crippen LogP contribution is 2.05. The maximum atomic E-state index is 5.40. The van der Waals surface area contributed by atoms with Crippen LogP contribution >= 0.6 is 0 Å². The fraction of sp³-hybridized carbons (Fsp3) is 1.00. The zero-order valence-electron chi connectivity index (χ0n) is 10.4. The summed E-state index contributed by atoms with van der Waals surface area (Å²) in [4.78, 5) is 0. The highest BCUT2D eigenvalue weighted by Gasteiger charge is 2.11. The molecular formula is C12H25NO3. The maximum absolute atomic E-state index is 5.40. The largest absolute Gasteiger partial charge is 0.382 e. The Morgan fingerprint density at radius 2 is 2.19 bits per heavy atom. The van der Waals surface area contributed by atoms with E-state index in [1.165, 1.54) is 19.3 Å². The molecule has 1 N–H and O–H groups in total. The fourth-order valence-corrected chi connectivity index (χ4v) is 1.78. The van der Waals surface area contributed by atoms with Crippen molar-refractivity contribution in [1.29, 1.82) is 0 Å². The highest BCUT2D eigenvalue weighted by atomic mass is 16.5. The van der Waals surface area contributed by atoms with Crippen LogP contribution in [0.5, 0.6) is 0 Å². The van der Waals surface area contributed by atoms with Crippen LogP contribution in [-0.4, -0.2) is 52.7 Å². The Balaban J connectivity index is 1.77. The van der Waals surface area contributed by atoms with E-state index in [1.54, 1.807) is 7.11 Å². The smallest absolute Gasteiger partial charge is 0.0700 e. The van der Waals surface area contributed by atoms with Gasteiger partial charge in [-0.2, -0.15) is 0 Å². The molecule has 16 heavy (non-hydrogen) atoms. The highest BCUT2D eigenvalue weighted by molar-refractivity contribution is 4.69. The van der Waals surface area contributed by atoms with Crippen LogP contribution < -0.4 is 5.32 Å². The van der Waals surface area contributed by atoms with Gasteiger partial charge in [0, 0.05) is 26.4 Å². The van der Waals surface area contributed by atoms with Crippen LogP contribution in [0.15, 0.2) is 0 Å². The molecular weight excluding hydrogens is 206 g/mol. The number of nitrogens with one attached hydrogen (secondary N) is 1. The van der Waals surface area contributed by atoms with Gasteiger partial charge in [0.15, 0.2) is 0 Å². The summed E-state index contributed by atoms with van der Waals surface area (Å²) in [5.41, 5.74) is 0. The Morgan fingerprint density at radius 3 is 2.94 bits per heavy atom. The Bertz CT molecular complexity index is 149. The first-order valence-electron chi connectivity index (χ1n) is 6.31. The van der Waals surface area contributed by atoms with E-state index < -0.39 is 0 Å². The predicted octanol–water partition coefficient (Wildman–Crippen LogP) is 1.20. The molecule has 0 aromatic heterocycles. The number of hydrogen-bond donors (Lipinski definition) is 1. The Kier molecular flexibility index (Phi) is 8.71. The maximum Gasteiger partial charge on any atom is 0.0700 e. The minimum atomic E-state index is 0.572. The molecule has 0 saturated carbocycles. The van der Waals surface area contributed by atoms with E-state index >= 15 is 0 Å². The van der Waals surface area contributed by atoms with Crippen molar-refractivity contribution in [2.75, 3.05) is 46.7 Å². The van der Waals surface area contributed by atoms with Gasteiger partial charge in [-0.3, -0.25) is 0 Å². The average molecular weight is 231 g/mol. The van der Waals surface area contributed by atoms with Crippen LogP contribution in [0.25, 0.3) is 0 Å². The second kappa shape index (κ2) is 10.0. The van der Waals surface area contributed by atoms with Gasteiger partial charge in [0.25, 0.3) is 0 Å². The molecule has 1 aliphatic rings. The van der Waals surface area contributed by atoms with E-state index in [1.807, 2.05) is 0 Å². The molecule has 96 valence electrons. The summed E-state index contributed by atoms with van der Waals surface area (Å²) in [6.45, 7) is 5.13. The third kappa shape index (κ3) is 7.17. The first-order chi connectivity index (χ1) is 7.93. The number of ether oxygens (including phenoxy) is 3. The van der Waals surface area contributed by atoms with Gasteiger partial charge in [-0.15, -0.1) is 0 Å². The van der Waals surface area contributed by atoms with Crippen molar-refractivity contribution in [3.63, 3.8) is 0 Å². The van der Waals surface area contributed by atoms with Crippen LogP contribution in [0.2, 0.25) is 0 Å². The monoisotopic (exact) mass is 231 g/mol. The lowest BCUT2D eigenvalue weighted by atomic mass is 10.1. The molecule has 1 aliphatic heterocycles. The number of unbranched alkanes of at least 4 members (excludes halogenated alkanes) is 1. The molecule has 4 heteroatoms. The van der Waals surface area contributed by atoms with Gasteiger partial charge in [-0.1, -0.05) is 0 Å². The molecule has 1 saturated heterocycles. The standard InChI is InChI=1S/C12H25NO3/c1-14-9-10-15-7-3-2-6-13-12-5-4-8-16-11-12/h12-13H,2-11H2,1H3. The van der Waals surface area contributed by atoms with Gasteiger partial charge in [0.1, 0.15) is 0 Å². The van der Waals surface area contributed by atoms with Gasteiger partial charge >= 0.3 is 0 Å². The first kappa shape index (κ1) is 13.9. The SMILES string of the molecule is COCCOCCCCNC1CCCOC1. The molecule has 1 fully saturated rings. The second-order valence-electron chi connectivity index (χ2n) is 4.18. The summed E-state index contributed by atoms with van der Waals surface area (Å²) in [7, 11) is 1.69. The van der Waals surface area contributed by atoms with E-state index in [2.05, 4.69) is 5.32 Å². The molecule has 1 unspecified atom stereocenters. The van der Waals surface area contributed by atoms with Gasteiger partial charge in [0.2, 0.25) is 0 Å². The first-order valence-corrected chi connectivity index (χ1v) is 6.31. The second-order valence-corrected chi connectivity index (χ2v) is 4.18. The normalized spacial score (nSPS) is 21.2. The fourth-order valence-electron chi connectivity index (χ4n) is 1.78. The van der Waals surface area contributed by atoms with Crippen molar-refractivity contribution in [3.05, 3.63) is 0 Å². The summed E-state index contributed by atoms with van der Waals surface area (Å²) in [6, 6.07) is 0.572. The van der Waals surface area contributed by atoms with Crippen molar-refractivity contribution in [3.8, 4) is 0 Å². The van der Waals surface area contributed by atoms with Crippen LogP contribution in [0.1, 0.15) is 25.7 Å². The molecule has 1 atom stereocenters. The van der Waals surface area contributed by atoms with Crippen LogP contribution in [0, 0.1) is 0 Å². The minimum absolute atomic E-state index is 0.572. The van der Waals surface area contributed by atoms with Gasteiger partial charge in [-0.25, -0.2) is 0 Å². The summed E-state index contributed by atoms with van der Waals surface area (Å²) in [5, 5.41) is 3.52. The molecule has 0 aromatic rings. The van der Waals surface area contributed by atoms with Gasteiger partial charge in [-0.05, 0) is 32.2 Å². The van der Waals surface area contributed by atoms with Gasteiger partial charge in [0.05, 0.1) is 19.8 Å². The summed E-state index contributed by atoms with van der Waals surface area (Å²) in [6.07, 6.45) is 4.73. The third-order valence-corrected chi connectivity index (χ3v) is 2.74. The van der Waals surface area contributed by atoms with E-state index in [-0.39, 0.29) is 0 Å². The van der Waals surface area contributed by atoms with Crippen molar-refractivity contribution < 1.29 is 14.2 Å². The third-order valence-electron chi connectivity index (χ3n) is 2.74. The van der Waals surface area contributed by atoms with Crippen LogP contribution in [-0.2, 0) is 14.2 Å². The summed E-state index contributed by atoms with van der Waals surface area (Å²) < 4.78 is 15.7. The predicted molar refractivity (Wildman–Crippen MR) is 63.8 cm³/mol. The van der Waals surface area contributed by atoms with Crippen LogP contribution in [0.3, 0.4) is 0 Å². The molecule has 0 amide bonds. The Morgan fingerprint density at radius 1 is 1.25 bits per heavy atom. The van der Waals surface area contributed by atoms with E-state index in [4.69, 9.17) is 14.2 Å². The Hall–Kier alpha value is -0.160. The molecule has 1 heterocycles. The molecule has 4 nitrogen and oxygen atoms in total. The van der Waals surface area contributed by atoms with E-state index in [0.29, 0.717) is 19.3 Å². The quantitative estimate of drug-likeness (QED) is 0.605. The van der Waals surface area contributed by atoms with Crippen molar-refractivity contribution >= 4 is 0 Å². The number of methoxy groups -OCH3 is 1. The molecule has 0 spiro atoms. The summed E-state index contributed by atoms with van der Waals surface area (Å²) >= 11 is 0. The lowest BCUT2D eigenvalue weighted by Crippen LogP contribution is -2.37. The zero-order chi connectivity index (χ0) is 11.5. The lowest BCUT2D eigenvalue weighted by molar-refractivity contribution is 0.0650. The lowest BCUT2D eigenvalue weighted by Gasteiger charge is -2.23. The average Bonchev–Trinajstić information content (AvgIpc) is 2.34. The zero-order valence-corrected chi connectivity index (χ0v) is 10.4. The molecule has 0 bridgehead atoms. The Labute approximate surface area is 98.6 Å². The topological polar surface area (TPSA) is 39.7 Å². The van der Waals surface area contributed by atoms with Gasteiger partial charge < -0.3 is 19.5 Å². The van der Waals surface area contributed by atoms with Crippen molar-refractivity contribution in [1.82, 2.24) is 5.32 Å². The molecule has 0 radical (unpaired) electrons. The van der Waals surface area contributed by atoms with Crippen LogP contribution in [0.4, 0.5) is 0 Å². The molecule has 0 aromatic carbocycles. The summed E-state index contributed by atoms with van der Waals surface area (Å²) in [5.74, 6) is 0.